The molecule has 1 aliphatic rings. The first-order valence-electron chi connectivity index (χ1n) is 5.89. The van der Waals surface area contributed by atoms with Crippen LogP contribution in [0.25, 0.3) is 0 Å². The number of rotatable bonds is 4. The zero-order valence-electron chi connectivity index (χ0n) is 9.80. The van der Waals surface area contributed by atoms with Gasteiger partial charge < -0.3 is 5.32 Å². The largest absolute Gasteiger partial charge is 0.314 e. The molecule has 0 aromatic heterocycles. The van der Waals surface area contributed by atoms with Gasteiger partial charge in [0.1, 0.15) is 0 Å². The van der Waals surface area contributed by atoms with Crippen molar-refractivity contribution in [1.82, 2.24) is 10.2 Å². The Kier molecular flexibility index (Phi) is 4.15. The maximum Gasteiger partial charge on any atom is 0.179 e. The summed E-state index contributed by atoms with van der Waals surface area (Å²) in [5, 5.41) is 3.25. The first-order valence-corrected chi connectivity index (χ1v) is 7.54. The molecule has 0 unspecified atom stereocenters. The van der Waals surface area contributed by atoms with E-state index in [1.807, 2.05) is 6.07 Å². The average Bonchev–Trinajstić information content (AvgIpc) is 2.39. The van der Waals surface area contributed by atoms with Gasteiger partial charge in [-0.15, -0.1) is 0 Å². The van der Waals surface area contributed by atoms with E-state index in [0.29, 0.717) is 11.4 Å². The van der Waals surface area contributed by atoms with Crippen molar-refractivity contribution in [3.8, 4) is 0 Å². The van der Waals surface area contributed by atoms with E-state index in [-0.39, 0.29) is 5.75 Å². The highest BCUT2D eigenvalue weighted by Gasteiger charge is 2.17. The molecule has 2 rings (SSSR count). The highest BCUT2D eigenvalue weighted by atomic mass is 32.2. The molecule has 4 nitrogen and oxygen atoms in total. The third kappa shape index (κ3) is 3.52. The predicted molar refractivity (Wildman–Crippen MR) is 67.8 cm³/mol. The zero-order valence-corrected chi connectivity index (χ0v) is 10.6. The Balaban J connectivity index is 1.94. The lowest BCUT2D eigenvalue weighted by molar-refractivity contribution is 0.254. The minimum Gasteiger partial charge on any atom is -0.314 e. The Morgan fingerprint density at radius 3 is 2.41 bits per heavy atom. The summed E-state index contributed by atoms with van der Waals surface area (Å²) in [6, 6.07) is 8.67. The Bertz CT molecular complexity index is 439. The van der Waals surface area contributed by atoms with Gasteiger partial charge in [-0.05, 0) is 12.1 Å². The summed E-state index contributed by atoms with van der Waals surface area (Å²) in [5.41, 5.74) is 0. The van der Waals surface area contributed by atoms with Crippen molar-refractivity contribution in [3.05, 3.63) is 30.3 Å². The van der Waals surface area contributed by atoms with E-state index in [1.165, 1.54) is 0 Å². The molecule has 1 N–H and O–H groups in total. The van der Waals surface area contributed by atoms with Crippen molar-refractivity contribution in [1.29, 1.82) is 0 Å². The van der Waals surface area contributed by atoms with Crippen molar-refractivity contribution in [2.45, 2.75) is 4.90 Å². The van der Waals surface area contributed by atoms with Crippen LogP contribution in [-0.4, -0.2) is 51.8 Å². The minimum atomic E-state index is -3.12. The van der Waals surface area contributed by atoms with Gasteiger partial charge >= 0.3 is 0 Å². The molecule has 0 atom stereocenters. The molecule has 0 radical (unpaired) electrons. The van der Waals surface area contributed by atoms with Crippen LogP contribution in [0.5, 0.6) is 0 Å². The van der Waals surface area contributed by atoms with E-state index in [9.17, 15) is 8.42 Å². The number of nitrogens with zero attached hydrogens (tertiary/aromatic N) is 1. The van der Waals surface area contributed by atoms with Gasteiger partial charge in [-0.3, -0.25) is 4.90 Å². The van der Waals surface area contributed by atoms with Crippen LogP contribution in [0.3, 0.4) is 0 Å². The summed E-state index contributed by atoms with van der Waals surface area (Å²) >= 11 is 0. The molecule has 17 heavy (non-hydrogen) atoms. The van der Waals surface area contributed by atoms with Crippen molar-refractivity contribution in [3.63, 3.8) is 0 Å². The topological polar surface area (TPSA) is 49.4 Å². The highest BCUT2D eigenvalue weighted by molar-refractivity contribution is 7.91. The minimum absolute atomic E-state index is 0.205. The monoisotopic (exact) mass is 254 g/mol. The van der Waals surface area contributed by atoms with Gasteiger partial charge in [-0.25, -0.2) is 8.42 Å². The smallest absolute Gasteiger partial charge is 0.179 e. The lowest BCUT2D eigenvalue weighted by atomic mass is 10.4. The quantitative estimate of drug-likeness (QED) is 0.843. The van der Waals surface area contributed by atoms with Crippen LogP contribution in [0.2, 0.25) is 0 Å². The second-order valence-corrected chi connectivity index (χ2v) is 6.33. The van der Waals surface area contributed by atoms with Crippen LogP contribution in [0.4, 0.5) is 0 Å². The molecule has 1 aliphatic heterocycles. The number of nitrogens with one attached hydrogen (secondary N) is 1. The molecule has 0 spiro atoms. The Labute approximate surface area is 103 Å². The van der Waals surface area contributed by atoms with E-state index >= 15 is 0 Å². The third-order valence-electron chi connectivity index (χ3n) is 2.99. The fourth-order valence-electron chi connectivity index (χ4n) is 1.93. The summed E-state index contributed by atoms with van der Waals surface area (Å²) in [4.78, 5) is 2.62. The van der Waals surface area contributed by atoms with Gasteiger partial charge in [-0.1, -0.05) is 18.2 Å². The normalized spacial score (nSPS) is 18.1. The van der Waals surface area contributed by atoms with Gasteiger partial charge in [0.15, 0.2) is 9.84 Å². The van der Waals surface area contributed by atoms with E-state index < -0.39 is 9.84 Å². The average molecular weight is 254 g/mol. The predicted octanol–water partition coefficient (Wildman–Crippen LogP) is 0.365. The molecule has 0 saturated carbocycles. The van der Waals surface area contributed by atoms with E-state index in [0.717, 1.165) is 26.2 Å². The lowest BCUT2D eigenvalue weighted by Crippen LogP contribution is -2.45. The molecule has 1 fully saturated rings. The molecule has 1 aromatic carbocycles. The Morgan fingerprint density at radius 1 is 1.12 bits per heavy atom. The SMILES string of the molecule is O=S(=O)(CCN1CCNCC1)c1ccccc1. The molecule has 0 amide bonds. The van der Waals surface area contributed by atoms with Crippen LogP contribution >= 0.6 is 0 Å². The van der Waals surface area contributed by atoms with Crippen molar-refractivity contribution < 1.29 is 8.42 Å². The lowest BCUT2D eigenvalue weighted by Gasteiger charge is -2.26. The number of benzene rings is 1. The second kappa shape index (κ2) is 5.62. The second-order valence-electron chi connectivity index (χ2n) is 4.22. The maximum absolute atomic E-state index is 12.0. The number of piperazine rings is 1. The highest BCUT2D eigenvalue weighted by Crippen LogP contribution is 2.10. The summed E-state index contributed by atoms with van der Waals surface area (Å²) in [7, 11) is -3.12. The molecule has 1 saturated heterocycles. The first kappa shape index (κ1) is 12.5. The maximum atomic E-state index is 12.0. The first-order chi connectivity index (χ1) is 8.18. The van der Waals surface area contributed by atoms with Gasteiger partial charge in [-0.2, -0.15) is 0 Å². The molecule has 94 valence electrons. The van der Waals surface area contributed by atoms with Crippen LogP contribution < -0.4 is 5.32 Å². The summed E-state index contributed by atoms with van der Waals surface area (Å²) in [5.74, 6) is 0.205. The van der Waals surface area contributed by atoms with Crippen LogP contribution in [-0.2, 0) is 9.84 Å². The zero-order chi connectivity index (χ0) is 12.1. The molecule has 1 aromatic rings. The number of sulfone groups is 1. The Hall–Kier alpha value is -0.910. The van der Waals surface area contributed by atoms with Gasteiger partial charge in [0.2, 0.25) is 0 Å². The van der Waals surface area contributed by atoms with Crippen LogP contribution in [0.15, 0.2) is 35.2 Å². The van der Waals surface area contributed by atoms with Gasteiger partial charge in [0, 0.05) is 32.7 Å². The standard InChI is InChI=1S/C12H18N2O2S/c15-17(16,12-4-2-1-3-5-12)11-10-14-8-6-13-7-9-14/h1-5,13H,6-11H2. The Morgan fingerprint density at radius 2 is 1.76 bits per heavy atom. The molecule has 0 aliphatic carbocycles. The van der Waals surface area contributed by atoms with Gasteiger partial charge in [0.05, 0.1) is 10.6 Å². The van der Waals surface area contributed by atoms with Crippen molar-refractivity contribution in [2.24, 2.45) is 0 Å². The molecular formula is C12H18N2O2S. The summed E-state index contributed by atoms with van der Waals surface area (Å²) in [6.07, 6.45) is 0. The number of hydrogen-bond donors (Lipinski definition) is 1. The van der Waals surface area contributed by atoms with E-state index in [2.05, 4.69) is 10.2 Å². The fraction of sp³-hybridized carbons (Fsp3) is 0.500. The van der Waals surface area contributed by atoms with E-state index in [4.69, 9.17) is 0 Å². The van der Waals surface area contributed by atoms with Crippen LogP contribution in [0.1, 0.15) is 0 Å². The van der Waals surface area contributed by atoms with Crippen molar-refractivity contribution >= 4 is 9.84 Å². The number of hydrogen-bond acceptors (Lipinski definition) is 4. The van der Waals surface area contributed by atoms with Gasteiger partial charge in [0.25, 0.3) is 0 Å². The summed E-state index contributed by atoms with van der Waals surface area (Å²) in [6.45, 7) is 4.39. The van der Waals surface area contributed by atoms with Crippen LogP contribution in [0, 0.1) is 0 Å². The third-order valence-corrected chi connectivity index (χ3v) is 4.70. The molecule has 0 bridgehead atoms. The van der Waals surface area contributed by atoms with E-state index in [1.54, 1.807) is 24.3 Å². The molecule has 1 heterocycles. The molecule has 5 heteroatoms. The van der Waals surface area contributed by atoms with Crippen molar-refractivity contribution in [2.75, 3.05) is 38.5 Å². The summed E-state index contributed by atoms with van der Waals surface area (Å²) < 4.78 is 24.1. The fourth-order valence-corrected chi connectivity index (χ4v) is 3.24. The molecular weight excluding hydrogens is 236 g/mol.